The highest BCUT2D eigenvalue weighted by atomic mass is 16.1. The van der Waals surface area contributed by atoms with Crippen LogP contribution in [0.3, 0.4) is 0 Å². The second-order valence-corrected chi connectivity index (χ2v) is 4.13. The lowest BCUT2D eigenvalue weighted by Crippen LogP contribution is -2.26. The van der Waals surface area contributed by atoms with Crippen molar-refractivity contribution in [3.63, 3.8) is 0 Å². The van der Waals surface area contributed by atoms with E-state index < -0.39 is 0 Å². The van der Waals surface area contributed by atoms with Crippen molar-refractivity contribution in [2.75, 3.05) is 11.4 Å². The Hall–Kier alpha value is -1.31. The van der Waals surface area contributed by atoms with Gasteiger partial charge < -0.3 is 4.90 Å². The number of hydrogen-bond donors (Lipinski definition) is 0. The van der Waals surface area contributed by atoms with Crippen LogP contribution in [0.5, 0.6) is 0 Å². The molecule has 0 radical (unpaired) electrons. The average molecular weight is 203 g/mol. The molecule has 2 rings (SSSR count). The van der Waals surface area contributed by atoms with Crippen LogP contribution in [-0.4, -0.2) is 18.9 Å². The van der Waals surface area contributed by atoms with E-state index in [-0.39, 0.29) is 0 Å². The highest BCUT2D eigenvalue weighted by molar-refractivity contribution is 5.75. The summed E-state index contributed by atoms with van der Waals surface area (Å²) in [5.74, 6) is 0. The van der Waals surface area contributed by atoms with E-state index in [9.17, 15) is 4.79 Å². The Balaban J connectivity index is 2.14. The summed E-state index contributed by atoms with van der Waals surface area (Å²) in [6.07, 6.45) is 4.70. The monoisotopic (exact) mass is 203 g/mol. The minimum Gasteiger partial charge on any atom is -0.369 e. The van der Waals surface area contributed by atoms with Crippen molar-refractivity contribution >= 4 is 12.0 Å². The second-order valence-electron chi connectivity index (χ2n) is 4.13. The zero-order valence-corrected chi connectivity index (χ0v) is 9.15. The fourth-order valence-corrected chi connectivity index (χ4v) is 1.89. The Labute approximate surface area is 90.9 Å². The number of nitrogens with zero attached hydrogens (tertiary/aromatic N) is 1. The summed E-state index contributed by atoms with van der Waals surface area (Å²) < 4.78 is 0. The molecule has 80 valence electrons. The number of carbonyl (C=O) groups is 1. The number of benzene rings is 1. The SMILES string of the molecule is CCCN(c1ccc(C=O)cc1)C1CC1. The van der Waals surface area contributed by atoms with Crippen molar-refractivity contribution < 1.29 is 4.79 Å². The van der Waals surface area contributed by atoms with E-state index >= 15 is 0 Å². The lowest BCUT2D eigenvalue weighted by atomic mass is 10.2. The zero-order valence-electron chi connectivity index (χ0n) is 9.15. The number of carbonyl (C=O) groups excluding carboxylic acids is 1. The van der Waals surface area contributed by atoms with Crippen LogP contribution in [0, 0.1) is 0 Å². The lowest BCUT2D eigenvalue weighted by molar-refractivity contribution is 0.112. The summed E-state index contributed by atoms with van der Waals surface area (Å²) in [6.45, 7) is 3.32. The van der Waals surface area contributed by atoms with E-state index in [0.717, 1.165) is 24.4 Å². The fraction of sp³-hybridized carbons (Fsp3) is 0.462. The van der Waals surface area contributed by atoms with Crippen LogP contribution in [0.15, 0.2) is 24.3 Å². The Morgan fingerprint density at radius 1 is 1.33 bits per heavy atom. The number of anilines is 1. The second kappa shape index (κ2) is 4.47. The molecule has 2 nitrogen and oxygen atoms in total. The van der Waals surface area contributed by atoms with E-state index in [4.69, 9.17) is 0 Å². The van der Waals surface area contributed by atoms with Crippen molar-refractivity contribution in [2.45, 2.75) is 32.2 Å². The van der Waals surface area contributed by atoms with Crippen molar-refractivity contribution in [1.82, 2.24) is 0 Å². The van der Waals surface area contributed by atoms with Gasteiger partial charge in [-0.2, -0.15) is 0 Å². The van der Waals surface area contributed by atoms with Gasteiger partial charge in [-0.3, -0.25) is 4.79 Å². The molecule has 0 spiro atoms. The molecule has 1 aromatic rings. The number of rotatable bonds is 5. The molecule has 0 atom stereocenters. The summed E-state index contributed by atoms with van der Waals surface area (Å²) in [4.78, 5) is 13.0. The van der Waals surface area contributed by atoms with Crippen LogP contribution in [0.1, 0.15) is 36.5 Å². The molecule has 0 unspecified atom stereocenters. The molecule has 0 aliphatic heterocycles. The number of hydrogen-bond acceptors (Lipinski definition) is 2. The molecular formula is C13H17NO. The van der Waals surface area contributed by atoms with Gasteiger partial charge in [-0.25, -0.2) is 0 Å². The summed E-state index contributed by atoms with van der Waals surface area (Å²) in [5.41, 5.74) is 2.01. The molecule has 0 amide bonds. The predicted molar refractivity (Wildman–Crippen MR) is 62.5 cm³/mol. The molecule has 0 aromatic heterocycles. The normalized spacial score (nSPS) is 15.0. The van der Waals surface area contributed by atoms with Gasteiger partial charge in [-0.05, 0) is 43.5 Å². The largest absolute Gasteiger partial charge is 0.369 e. The van der Waals surface area contributed by atoms with Gasteiger partial charge in [0.15, 0.2) is 0 Å². The summed E-state index contributed by atoms with van der Waals surface area (Å²) in [7, 11) is 0. The maximum absolute atomic E-state index is 10.5. The van der Waals surface area contributed by atoms with Gasteiger partial charge in [-0.1, -0.05) is 6.92 Å². The molecule has 1 aromatic carbocycles. The first-order valence-electron chi connectivity index (χ1n) is 5.67. The van der Waals surface area contributed by atoms with Gasteiger partial charge in [0.2, 0.25) is 0 Å². The first kappa shape index (κ1) is 10.2. The van der Waals surface area contributed by atoms with Crippen molar-refractivity contribution in [2.24, 2.45) is 0 Å². The molecule has 0 bridgehead atoms. The minimum atomic E-state index is 0.743. The summed E-state index contributed by atoms with van der Waals surface area (Å²) >= 11 is 0. The van der Waals surface area contributed by atoms with Crippen LogP contribution in [-0.2, 0) is 0 Å². The van der Waals surface area contributed by atoms with Crippen molar-refractivity contribution in [1.29, 1.82) is 0 Å². The molecule has 15 heavy (non-hydrogen) atoms. The van der Waals surface area contributed by atoms with Crippen molar-refractivity contribution in [3.8, 4) is 0 Å². The van der Waals surface area contributed by atoms with E-state index in [1.165, 1.54) is 24.9 Å². The first-order chi connectivity index (χ1) is 7.35. The van der Waals surface area contributed by atoms with E-state index in [2.05, 4.69) is 24.0 Å². The molecule has 0 saturated heterocycles. The molecule has 0 N–H and O–H groups in total. The van der Waals surface area contributed by atoms with Crippen LogP contribution < -0.4 is 4.90 Å². The Morgan fingerprint density at radius 2 is 2.00 bits per heavy atom. The maximum atomic E-state index is 10.5. The number of aldehydes is 1. The first-order valence-corrected chi connectivity index (χ1v) is 5.67. The van der Waals surface area contributed by atoms with E-state index in [1.54, 1.807) is 0 Å². The van der Waals surface area contributed by atoms with E-state index in [0.29, 0.717) is 0 Å². The third-order valence-electron chi connectivity index (χ3n) is 2.81. The van der Waals surface area contributed by atoms with Gasteiger partial charge in [0.25, 0.3) is 0 Å². The summed E-state index contributed by atoms with van der Waals surface area (Å²) in [6, 6.07) is 8.64. The standard InChI is InChI=1S/C13H17NO/c1-2-9-14(13-7-8-13)12-5-3-11(10-15)4-6-12/h3-6,10,13H,2,7-9H2,1H3. The third kappa shape index (κ3) is 2.38. The van der Waals surface area contributed by atoms with Gasteiger partial charge in [-0.15, -0.1) is 0 Å². The smallest absolute Gasteiger partial charge is 0.150 e. The zero-order chi connectivity index (χ0) is 10.7. The molecule has 1 aliphatic rings. The van der Waals surface area contributed by atoms with Gasteiger partial charge in [0.05, 0.1) is 0 Å². The molecule has 1 aliphatic carbocycles. The lowest BCUT2D eigenvalue weighted by Gasteiger charge is -2.24. The summed E-state index contributed by atoms with van der Waals surface area (Å²) in [5, 5.41) is 0. The Kier molecular flexibility index (Phi) is 3.05. The van der Waals surface area contributed by atoms with Gasteiger partial charge in [0.1, 0.15) is 6.29 Å². The Morgan fingerprint density at radius 3 is 2.47 bits per heavy atom. The highest BCUT2D eigenvalue weighted by Crippen LogP contribution is 2.31. The predicted octanol–water partition coefficient (Wildman–Crippen LogP) is 2.88. The topological polar surface area (TPSA) is 20.3 Å². The molecule has 1 fully saturated rings. The minimum absolute atomic E-state index is 0.743. The van der Waals surface area contributed by atoms with Crippen molar-refractivity contribution in [3.05, 3.63) is 29.8 Å². The third-order valence-corrected chi connectivity index (χ3v) is 2.81. The molecule has 2 heteroatoms. The molecule has 1 saturated carbocycles. The molecular weight excluding hydrogens is 186 g/mol. The van der Waals surface area contributed by atoms with Crippen LogP contribution >= 0.6 is 0 Å². The van der Waals surface area contributed by atoms with Crippen LogP contribution in [0.2, 0.25) is 0 Å². The molecule has 0 heterocycles. The quantitative estimate of drug-likeness (QED) is 0.686. The van der Waals surface area contributed by atoms with Crippen LogP contribution in [0.4, 0.5) is 5.69 Å². The maximum Gasteiger partial charge on any atom is 0.150 e. The highest BCUT2D eigenvalue weighted by Gasteiger charge is 2.28. The Bertz CT molecular complexity index is 327. The average Bonchev–Trinajstić information content (AvgIpc) is 3.10. The van der Waals surface area contributed by atoms with E-state index in [1.807, 2.05) is 12.1 Å². The van der Waals surface area contributed by atoms with Gasteiger partial charge >= 0.3 is 0 Å². The van der Waals surface area contributed by atoms with Gasteiger partial charge in [0, 0.05) is 23.8 Å². The van der Waals surface area contributed by atoms with Crippen LogP contribution in [0.25, 0.3) is 0 Å². The fourth-order valence-electron chi connectivity index (χ4n) is 1.89.